The number of halogens is 3. The summed E-state index contributed by atoms with van der Waals surface area (Å²) in [6.45, 7) is 4.42. The molecule has 3 fully saturated rings. The van der Waals surface area contributed by atoms with Crippen LogP contribution in [0.4, 0.5) is 5.69 Å². The first kappa shape index (κ1) is 17.7. The third kappa shape index (κ3) is 2.07. The van der Waals surface area contributed by atoms with Crippen LogP contribution in [0.1, 0.15) is 26.7 Å². The topological polar surface area (TPSA) is 38.3 Å². The molecule has 0 heterocycles. The van der Waals surface area contributed by atoms with Gasteiger partial charge in [0.15, 0.2) is 0 Å². The average molecular weight is 510 g/mol. The van der Waals surface area contributed by atoms with Crippen molar-refractivity contribution in [2.75, 3.05) is 12.4 Å². The van der Waals surface area contributed by atoms with Crippen LogP contribution in [0.15, 0.2) is 24.3 Å². The summed E-state index contributed by atoms with van der Waals surface area (Å²) in [5.41, 5.74) is 0.374. The lowest BCUT2D eigenvalue weighted by Gasteiger charge is -2.66. The first-order chi connectivity index (χ1) is 10.7. The Morgan fingerprint density at radius 1 is 1.26 bits per heavy atom. The van der Waals surface area contributed by atoms with E-state index in [1.54, 1.807) is 7.11 Å². The van der Waals surface area contributed by atoms with E-state index in [1.165, 1.54) is 0 Å². The molecule has 1 aromatic rings. The van der Waals surface area contributed by atoms with Gasteiger partial charge in [-0.15, -0.1) is 0 Å². The molecule has 0 spiro atoms. The minimum Gasteiger partial charge on any atom is -0.497 e. The van der Waals surface area contributed by atoms with Crippen LogP contribution in [-0.2, 0) is 4.79 Å². The van der Waals surface area contributed by atoms with Crippen LogP contribution >= 0.6 is 47.8 Å². The summed E-state index contributed by atoms with van der Waals surface area (Å²) >= 11 is 11.3. The minimum absolute atomic E-state index is 0.0459. The molecule has 126 valence electrons. The van der Waals surface area contributed by atoms with Gasteiger partial charge in [0.25, 0.3) is 0 Å². The van der Waals surface area contributed by atoms with Crippen LogP contribution < -0.4 is 10.1 Å². The summed E-state index contributed by atoms with van der Waals surface area (Å²) in [5.74, 6) is 0.883. The summed E-state index contributed by atoms with van der Waals surface area (Å²) in [5, 5.41) is 3.10. The zero-order valence-corrected chi connectivity index (χ0v) is 18.1. The van der Waals surface area contributed by atoms with Crippen LogP contribution in [0.3, 0.4) is 0 Å². The van der Waals surface area contributed by atoms with Gasteiger partial charge in [-0.2, -0.15) is 0 Å². The molecular weight excluding hydrogens is 490 g/mol. The van der Waals surface area contributed by atoms with Gasteiger partial charge >= 0.3 is 0 Å². The second-order valence-electron chi connectivity index (χ2n) is 6.98. The van der Waals surface area contributed by atoms with Crippen LogP contribution in [0, 0.1) is 16.2 Å². The predicted octanol–water partition coefficient (Wildman–Crippen LogP) is 5.32. The molecule has 1 N–H and O–H groups in total. The van der Waals surface area contributed by atoms with Gasteiger partial charge in [0.2, 0.25) is 5.91 Å². The fourth-order valence-electron chi connectivity index (χ4n) is 4.62. The number of carbonyl (C=O) groups excluding carboxylic acids is 1. The molecule has 3 atom stereocenters. The summed E-state index contributed by atoms with van der Waals surface area (Å²) in [6, 6.07) is 7.47. The number of ether oxygens (including phenoxy) is 1. The van der Waals surface area contributed by atoms with E-state index in [9.17, 15) is 4.79 Å². The molecule has 0 saturated heterocycles. The number of amides is 1. The molecule has 0 aliphatic heterocycles. The highest BCUT2D eigenvalue weighted by atomic mass is 79.9. The van der Waals surface area contributed by atoms with Gasteiger partial charge in [0, 0.05) is 15.9 Å². The third-order valence-electron chi connectivity index (χ3n) is 6.24. The Balaban J connectivity index is 1.85. The zero-order valence-electron chi connectivity index (χ0n) is 13.3. The average Bonchev–Trinajstić information content (AvgIpc) is 2.98. The zero-order chi connectivity index (χ0) is 17.0. The van der Waals surface area contributed by atoms with Crippen LogP contribution in [0.2, 0.25) is 0 Å². The van der Waals surface area contributed by atoms with E-state index in [0.717, 1.165) is 24.3 Å². The number of anilines is 1. The number of benzene rings is 1. The highest BCUT2D eigenvalue weighted by molar-refractivity contribution is 9.24. The number of alkyl halides is 3. The molecule has 1 amide bonds. The molecule has 4 rings (SSSR count). The Morgan fingerprint density at radius 2 is 1.87 bits per heavy atom. The Labute approximate surface area is 162 Å². The summed E-state index contributed by atoms with van der Waals surface area (Å²) in [4.78, 5) is 13.3. The molecule has 0 radical (unpaired) electrons. The number of hydrogen-bond acceptors (Lipinski definition) is 2. The minimum atomic E-state index is -0.382. The molecule has 0 unspecified atom stereocenters. The van der Waals surface area contributed by atoms with Crippen LogP contribution in [-0.4, -0.2) is 21.6 Å². The summed E-state index contributed by atoms with van der Waals surface area (Å²) in [7, 11) is 1.63. The Morgan fingerprint density at radius 3 is 2.30 bits per heavy atom. The summed E-state index contributed by atoms with van der Waals surface area (Å²) < 4.78 is 5.35. The number of nitrogens with one attached hydrogen (secondary N) is 1. The molecule has 3 saturated carbocycles. The van der Waals surface area contributed by atoms with Crippen molar-refractivity contribution in [1.29, 1.82) is 0 Å². The van der Waals surface area contributed by atoms with Crippen molar-refractivity contribution in [3.8, 4) is 5.75 Å². The number of hydrogen-bond donors (Lipinski definition) is 1. The standard InChI is InChI=1S/C17H20Br3NO2/c1-15(2)16(13(19)20)8-9-17(15,12(16)18)14(22)21-10-4-6-11(23-3)7-5-10/h4-7,12-13H,8-9H2,1-3H3,(H,21,22)/t12-,16+,17-/m1/s1. The van der Waals surface area contributed by atoms with Crippen molar-refractivity contribution in [1.82, 2.24) is 0 Å². The fraction of sp³-hybridized carbons (Fsp3) is 0.588. The molecule has 3 aliphatic carbocycles. The normalized spacial score (nSPS) is 34.1. The van der Waals surface area contributed by atoms with Gasteiger partial charge in [-0.3, -0.25) is 4.79 Å². The van der Waals surface area contributed by atoms with Crippen molar-refractivity contribution < 1.29 is 9.53 Å². The van der Waals surface area contributed by atoms with E-state index < -0.39 is 0 Å². The van der Waals surface area contributed by atoms with Gasteiger partial charge < -0.3 is 10.1 Å². The van der Waals surface area contributed by atoms with E-state index in [-0.39, 0.29) is 30.7 Å². The first-order valence-electron chi connectivity index (χ1n) is 7.62. The van der Waals surface area contributed by atoms with E-state index in [0.29, 0.717) is 0 Å². The smallest absolute Gasteiger partial charge is 0.232 e. The number of rotatable bonds is 4. The lowest BCUT2D eigenvalue weighted by atomic mass is 9.43. The molecular formula is C17H20Br3NO2. The van der Waals surface area contributed by atoms with Gasteiger partial charge in [-0.1, -0.05) is 61.6 Å². The first-order valence-corrected chi connectivity index (χ1v) is 10.4. The maximum Gasteiger partial charge on any atom is 0.232 e. The van der Waals surface area contributed by atoms with Crippen molar-refractivity contribution in [3.63, 3.8) is 0 Å². The molecule has 23 heavy (non-hydrogen) atoms. The molecule has 3 aliphatic rings. The Bertz CT molecular complexity index is 631. The van der Waals surface area contributed by atoms with Gasteiger partial charge in [-0.05, 0) is 42.5 Å². The van der Waals surface area contributed by atoms with E-state index in [2.05, 4.69) is 67.0 Å². The second kappa shape index (κ2) is 5.73. The van der Waals surface area contributed by atoms with Gasteiger partial charge in [-0.25, -0.2) is 0 Å². The number of methoxy groups -OCH3 is 1. The van der Waals surface area contributed by atoms with Crippen molar-refractivity contribution >= 4 is 59.4 Å². The Hall–Kier alpha value is -0.0700. The van der Waals surface area contributed by atoms with E-state index in [4.69, 9.17) is 4.74 Å². The van der Waals surface area contributed by atoms with Gasteiger partial charge in [0.1, 0.15) is 5.75 Å². The monoisotopic (exact) mass is 507 g/mol. The lowest BCUT2D eigenvalue weighted by molar-refractivity contribution is -0.155. The van der Waals surface area contributed by atoms with E-state index in [1.807, 2.05) is 24.3 Å². The van der Waals surface area contributed by atoms with Gasteiger partial charge in [0.05, 0.1) is 16.3 Å². The highest BCUT2D eigenvalue weighted by Crippen LogP contribution is 2.82. The van der Waals surface area contributed by atoms with Crippen molar-refractivity contribution in [2.45, 2.75) is 35.3 Å². The third-order valence-corrected chi connectivity index (χ3v) is 9.47. The summed E-state index contributed by atoms with van der Waals surface area (Å²) in [6.07, 6.45) is 1.92. The van der Waals surface area contributed by atoms with Crippen LogP contribution in [0.5, 0.6) is 5.75 Å². The molecule has 2 bridgehead atoms. The maximum atomic E-state index is 13.1. The lowest BCUT2D eigenvalue weighted by Crippen LogP contribution is -2.71. The quantitative estimate of drug-likeness (QED) is 0.558. The van der Waals surface area contributed by atoms with Crippen molar-refractivity contribution in [2.24, 2.45) is 16.2 Å². The SMILES string of the molecule is COc1ccc(NC(=O)[C@@]23CC[C@@](C(Br)Br)([C@H]2Br)C3(C)C)cc1. The number of fused-ring (bicyclic) bond motifs is 1. The molecule has 1 aromatic carbocycles. The largest absolute Gasteiger partial charge is 0.497 e. The predicted molar refractivity (Wildman–Crippen MR) is 104 cm³/mol. The fourth-order valence-corrected chi connectivity index (χ4v) is 9.53. The van der Waals surface area contributed by atoms with E-state index >= 15 is 0 Å². The molecule has 6 heteroatoms. The highest BCUT2D eigenvalue weighted by Gasteiger charge is 2.83. The maximum absolute atomic E-state index is 13.1. The Kier molecular flexibility index (Phi) is 4.42. The van der Waals surface area contributed by atoms with Crippen LogP contribution in [0.25, 0.3) is 0 Å². The van der Waals surface area contributed by atoms with Crippen molar-refractivity contribution in [3.05, 3.63) is 24.3 Å². The molecule has 3 nitrogen and oxygen atoms in total. The second-order valence-corrected chi connectivity index (χ2v) is 11.0. The number of carbonyl (C=O) groups is 1. The molecule has 0 aromatic heterocycles.